The van der Waals surface area contributed by atoms with Crippen LogP contribution in [0.3, 0.4) is 0 Å². The van der Waals surface area contributed by atoms with Crippen LogP contribution in [0.1, 0.15) is 24.3 Å². The van der Waals surface area contributed by atoms with E-state index in [1.54, 1.807) is 0 Å². The van der Waals surface area contributed by atoms with Gasteiger partial charge in [0.05, 0.1) is 5.92 Å². The van der Waals surface area contributed by atoms with E-state index in [0.717, 1.165) is 38.2 Å². The molecule has 2 unspecified atom stereocenters. The lowest BCUT2D eigenvalue weighted by Gasteiger charge is -2.21. The number of likely N-dealkylation sites (tertiary alicyclic amines) is 1. The highest BCUT2D eigenvalue weighted by Gasteiger charge is 2.36. The van der Waals surface area contributed by atoms with Crippen molar-refractivity contribution < 1.29 is 4.79 Å². The van der Waals surface area contributed by atoms with E-state index in [1.807, 2.05) is 11.0 Å². The van der Waals surface area contributed by atoms with E-state index in [1.165, 1.54) is 5.56 Å². The van der Waals surface area contributed by atoms with Gasteiger partial charge in [0.1, 0.15) is 0 Å². The average molecular weight is 273 g/mol. The predicted molar refractivity (Wildman–Crippen MR) is 80.8 cm³/mol. The van der Waals surface area contributed by atoms with Gasteiger partial charge in [-0.1, -0.05) is 18.2 Å². The maximum Gasteiger partial charge on any atom is 0.231 e. The van der Waals surface area contributed by atoms with E-state index in [-0.39, 0.29) is 5.92 Å². The first-order chi connectivity index (χ1) is 9.70. The lowest BCUT2D eigenvalue weighted by Crippen LogP contribution is -2.36. The summed E-state index contributed by atoms with van der Waals surface area (Å²) in [7, 11) is 2.09. The van der Waals surface area contributed by atoms with Crippen LogP contribution in [0.2, 0.25) is 0 Å². The van der Waals surface area contributed by atoms with E-state index in [9.17, 15) is 4.79 Å². The number of carbonyl (C=O) groups excluding carboxylic acids is 1. The van der Waals surface area contributed by atoms with Gasteiger partial charge in [-0.3, -0.25) is 4.79 Å². The highest BCUT2D eigenvalue weighted by Crippen LogP contribution is 2.39. The number of hydrogen-bond acceptors (Lipinski definition) is 3. The van der Waals surface area contributed by atoms with Crippen LogP contribution in [-0.2, 0) is 4.79 Å². The third kappa shape index (κ3) is 2.34. The Morgan fingerprint density at radius 3 is 2.85 bits per heavy atom. The molecule has 2 heterocycles. The fraction of sp³-hybridized carbons (Fsp3) is 0.562. The van der Waals surface area contributed by atoms with E-state index < -0.39 is 0 Å². The van der Waals surface area contributed by atoms with Crippen LogP contribution in [-0.4, -0.2) is 44.0 Å². The maximum atomic E-state index is 12.8. The van der Waals surface area contributed by atoms with Crippen molar-refractivity contribution in [1.29, 1.82) is 0 Å². The molecule has 0 saturated carbocycles. The number of para-hydroxylation sites is 1. The predicted octanol–water partition coefficient (Wildman–Crippen LogP) is 1.42. The normalized spacial score (nSPS) is 26.0. The molecule has 2 N–H and O–H groups in total. The highest BCUT2D eigenvalue weighted by atomic mass is 16.2. The third-order valence-corrected chi connectivity index (χ3v) is 4.59. The van der Waals surface area contributed by atoms with Crippen LogP contribution in [0, 0.1) is 5.92 Å². The van der Waals surface area contributed by atoms with E-state index in [2.05, 4.69) is 30.1 Å². The topological polar surface area (TPSA) is 49.6 Å². The van der Waals surface area contributed by atoms with Crippen molar-refractivity contribution in [2.75, 3.05) is 38.1 Å². The van der Waals surface area contributed by atoms with Crippen molar-refractivity contribution in [2.24, 2.45) is 11.7 Å². The standard InChI is InChI=1S/C16H23N3O/c1-18-9-7-13(10-18)16(20)19-11-12(6-8-17)14-4-2-3-5-15(14)19/h2-5,12-13H,6-11,17H2,1H3. The van der Waals surface area contributed by atoms with Crippen molar-refractivity contribution in [3.05, 3.63) is 29.8 Å². The van der Waals surface area contributed by atoms with Crippen LogP contribution in [0.4, 0.5) is 5.69 Å². The van der Waals surface area contributed by atoms with Crippen LogP contribution in [0.15, 0.2) is 24.3 Å². The fourth-order valence-electron chi connectivity index (χ4n) is 3.51. The molecule has 2 atom stereocenters. The SMILES string of the molecule is CN1CCC(C(=O)N2CC(CCN)c3ccccc32)C1. The zero-order valence-corrected chi connectivity index (χ0v) is 12.1. The zero-order chi connectivity index (χ0) is 14.1. The van der Waals surface area contributed by atoms with Gasteiger partial charge in [-0.05, 0) is 44.6 Å². The Balaban J connectivity index is 1.82. The molecule has 0 radical (unpaired) electrons. The first-order valence-electron chi connectivity index (χ1n) is 7.49. The Morgan fingerprint density at radius 1 is 1.35 bits per heavy atom. The number of nitrogens with two attached hydrogens (primary N) is 1. The molecule has 0 aliphatic carbocycles. The number of benzene rings is 1. The van der Waals surface area contributed by atoms with Gasteiger partial charge in [0.15, 0.2) is 0 Å². The molecule has 0 bridgehead atoms. The quantitative estimate of drug-likeness (QED) is 0.906. The minimum absolute atomic E-state index is 0.157. The summed E-state index contributed by atoms with van der Waals surface area (Å²) < 4.78 is 0. The summed E-state index contributed by atoms with van der Waals surface area (Å²) in [6, 6.07) is 8.29. The average Bonchev–Trinajstić information content (AvgIpc) is 3.04. The number of rotatable bonds is 3. The lowest BCUT2D eigenvalue weighted by molar-refractivity contribution is -0.121. The van der Waals surface area contributed by atoms with Crippen molar-refractivity contribution in [1.82, 2.24) is 4.90 Å². The van der Waals surface area contributed by atoms with Crippen LogP contribution < -0.4 is 10.6 Å². The second-order valence-electron chi connectivity index (χ2n) is 6.03. The largest absolute Gasteiger partial charge is 0.330 e. The van der Waals surface area contributed by atoms with Gasteiger partial charge in [-0.15, -0.1) is 0 Å². The molecule has 4 heteroatoms. The van der Waals surface area contributed by atoms with Gasteiger partial charge in [0, 0.05) is 24.7 Å². The molecular weight excluding hydrogens is 250 g/mol. The number of amides is 1. The summed E-state index contributed by atoms with van der Waals surface area (Å²) in [5.41, 5.74) is 8.11. The van der Waals surface area contributed by atoms with E-state index in [4.69, 9.17) is 5.73 Å². The number of anilines is 1. The molecule has 108 valence electrons. The Kier molecular flexibility index (Phi) is 3.76. The minimum atomic E-state index is 0.157. The first kappa shape index (κ1) is 13.6. The van der Waals surface area contributed by atoms with Crippen molar-refractivity contribution >= 4 is 11.6 Å². The summed E-state index contributed by atoms with van der Waals surface area (Å²) in [4.78, 5) is 17.0. The van der Waals surface area contributed by atoms with Crippen LogP contribution in [0.5, 0.6) is 0 Å². The molecule has 1 aromatic rings. The summed E-state index contributed by atoms with van der Waals surface area (Å²) in [6.07, 6.45) is 1.93. The molecule has 2 aliphatic heterocycles. The van der Waals surface area contributed by atoms with E-state index >= 15 is 0 Å². The van der Waals surface area contributed by atoms with Gasteiger partial charge in [-0.2, -0.15) is 0 Å². The molecule has 1 fully saturated rings. The smallest absolute Gasteiger partial charge is 0.231 e. The van der Waals surface area contributed by atoms with Gasteiger partial charge in [-0.25, -0.2) is 0 Å². The molecule has 1 amide bonds. The maximum absolute atomic E-state index is 12.8. The van der Waals surface area contributed by atoms with Crippen molar-refractivity contribution in [2.45, 2.75) is 18.8 Å². The molecule has 0 spiro atoms. The number of fused-ring (bicyclic) bond motifs is 1. The molecule has 0 aromatic heterocycles. The van der Waals surface area contributed by atoms with Gasteiger partial charge in [0.2, 0.25) is 5.91 Å². The molecule has 20 heavy (non-hydrogen) atoms. The molecule has 3 rings (SSSR count). The Labute approximate surface area is 120 Å². The van der Waals surface area contributed by atoms with Gasteiger partial charge >= 0.3 is 0 Å². The number of carbonyl (C=O) groups is 1. The summed E-state index contributed by atoms with van der Waals surface area (Å²) >= 11 is 0. The summed E-state index contributed by atoms with van der Waals surface area (Å²) in [5.74, 6) is 0.852. The fourth-order valence-corrected chi connectivity index (χ4v) is 3.51. The minimum Gasteiger partial charge on any atom is -0.330 e. The summed E-state index contributed by atoms with van der Waals surface area (Å²) in [5, 5.41) is 0. The monoisotopic (exact) mass is 273 g/mol. The molecular formula is C16H23N3O. The lowest BCUT2D eigenvalue weighted by atomic mass is 9.98. The Morgan fingerprint density at radius 2 is 2.15 bits per heavy atom. The highest BCUT2D eigenvalue weighted by molar-refractivity contribution is 5.97. The second-order valence-corrected chi connectivity index (χ2v) is 6.03. The molecule has 4 nitrogen and oxygen atoms in total. The molecule has 1 saturated heterocycles. The van der Waals surface area contributed by atoms with E-state index in [0.29, 0.717) is 18.4 Å². The van der Waals surface area contributed by atoms with Crippen LogP contribution in [0.25, 0.3) is 0 Å². The first-order valence-corrected chi connectivity index (χ1v) is 7.49. The van der Waals surface area contributed by atoms with Gasteiger partial charge < -0.3 is 15.5 Å². The Hall–Kier alpha value is -1.39. The van der Waals surface area contributed by atoms with Crippen LogP contribution >= 0.6 is 0 Å². The van der Waals surface area contributed by atoms with Crippen molar-refractivity contribution in [3.8, 4) is 0 Å². The molecule has 2 aliphatic rings. The Bertz CT molecular complexity index is 502. The van der Waals surface area contributed by atoms with Gasteiger partial charge in [0.25, 0.3) is 0 Å². The third-order valence-electron chi connectivity index (χ3n) is 4.59. The zero-order valence-electron chi connectivity index (χ0n) is 12.1. The summed E-state index contributed by atoms with van der Waals surface area (Å²) in [6.45, 7) is 3.39. The number of hydrogen-bond donors (Lipinski definition) is 1. The molecule has 1 aromatic carbocycles. The number of nitrogens with zero attached hydrogens (tertiary/aromatic N) is 2. The second kappa shape index (κ2) is 5.54. The van der Waals surface area contributed by atoms with Crippen molar-refractivity contribution in [3.63, 3.8) is 0 Å².